The lowest BCUT2D eigenvalue weighted by atomic mass is 9.39. The van der Waals surface area contributed by atoms with Crippen molar-refractivity contribution in [1.29, 1.82) is 0 Å². The van der Waals surface area contributed by atoms with Gasteiger partial charge in [-0.2, -0.15) is 0 Å². The van der Waals surface area contributed by atoms with Crippen LogP contribution in [0.2, 0.25) is 0 Å². The van der Waals surface area contributed by atoms with Crippen LogP contribution in [0, 0.1) is 34.5 Å². The monoisotopic (exact) mass is 520 g/mol. The summed E-state index contributed by atoms with van der Waals surface area (Å²) in [7, 11) is 0. The number of carbonyl (C=O) groups is 2. The van der Waals surface area contributed by atoms with E-state index in [0.717, 1.165) is 17.6 Å². The molecular weight excluding hydrogens is 488 g/mol. The molecule has 0 aromatic heterocycles. The fourth-order valence-corrected chi connectivity index (χ4v) is 8.55. The van der Waals surface area contributed by atoms with Crippen molar-refractivity contribution in [3.63, 3.8) is 0 Å². The molecule has 4 bridgehead atoms. The van der Waals surface area contributed by atoms with Gasteiger partial charge in [-0.1, -0.05) is 43.9 Å². The molecule has 2 N–H and O–H groups in total. The van der Waals surface area contributed by atoms with Gasteiger partial charge in [-0.3, -0.25) is 0 Å². The zero-order valence-electron chi connectivity index (χ0n) is 22.2. The normalized spacial score (nSPS) is 28.4. The van der Waals surface area contributed by atoms with Gasteiger partial charge in [0.2, 0.25) is 0 Å². The lowest BCUT2D eigenvalue weighted by molar-refractivity contribution is -0.116. The molecule has 4 aliphatic rings. The molecule has 5 nitrogen and oxygen atoms in total. The summed E-state index contributed by atoms with van der Waals surface area (Å²) in [5, 5.41) is 18.8. The Balaban J connectivity index is 1.17. The molecule has 0 spiro atoms. The van der Waals surface area contributed by atoms with Crippen molar-refractivity contribution in [2.45, 2.75) is 51.9 Å². The van der Waals surface area contributed by atoms with Crippen LogP contribution in [0.5, 0.6) is 11.5 Å². The summed E-state index contributed by atoms with van der Waals surface area (Å²) in [6, 6.07) is 20.2. The molecule has 0 radical (unpaired) electrons. The Morgan fingerprint density at radius 1 is 0.769 bits per heavy atom. The molecule has 7 rings (SSSR count). The van der Waals surface area contributed by atoms with Crippen LogP contribution in [0.1, 0.15) is 89.3 Å². The lowest BCUT2D eigenvalue weighted by Crippen LogP contribution is -2.54. The number of carboxylic acids is 2. The molecular formula is C34H32O5. The molecule has 198 valence electrons. The molecule has 0 atom stereocenters. The Labute approximate surface area is 228 Å². The first-order valence-electron chi connectivity index (χ1n) is 13.6. The third-order valence-electron chi connectivity index (χ3n) is 9.23. The molecule has 4 saturated carbocycles. The number of rotatable bonds is 5. The molecule has 39 heavy (non-hydrogen) atoms. The average Bonchev–Trinajstić information content (AvgIpc) is 2.87. The zero-order valence-corrected chi connectivity index (χ0v) is 22.2. The number of ether oxygens (including phenoxy) is 1. The summed E-state index contributed by atoms with van der Waals surface area (Å²) < 4.78 is 6.11. The van der Waals surface area contributed by atoms with E-state index in [1.54, 1.807) is 12.1 Å². The summed E-state index contributed by atoms with van der Waals surface area (Å²) in [6.45, 7) is 5.04. The van der Waals surface area contributed by atoms with E-state index in [1.807, 2.05) is 12.1 Å². The van der Waals surface area contributed by atoms with Crippen LogP contribution in [0.15, 0.2) is 66.7 Å². The molecule has 3 aromatic rings. The van der Waals surface area contributed by atoms with Crippen molar-refractivity contribution in [2.75, 3.05) is 0 Å². The highest BCUT2D eigenvalue weighted by molar-refractivity contribution is 6.03. The van der Waals surface area contributed by atoms with Crippen LogP contribution in [0.4, 0.5) is 0 Å². The standard InChI is InChI=1S/C34H32O5/c1-33-17-22-16-23(18-33)20-34(2,19-22)30(33)25-10-14-27(15-11-25)39-26-12-7-21(8-13-26)6-9-24-4-3-5-28(31(35)36)29(24)32(37)38/h3-5,7-8,10-15,22-23,30H,16-20H2,1-2H3,(H,35,36)(H,37,38). The topological polar surface area (TPSA) is 83.8 Å². The lowest BCUT2D eigenvalue weighted by Gasteiger charge is -2.65. The summed E-state index contributed by atoms with van der Waals surface area (Å²) in [6.07, 6.45) is 6.88. The van der Waals surface area contributed by atoms with E-state index in [1.165, 1.54) is 55.9 Å². The average molecular weight is 521 g/mol. The highest BCUT2D eigenvalue weighted by Gasteiger charge is 2.60. The molecule has 0 aliphatic heterocycles. The third kappa shape index (κ3) is 4.59. The van der Waals surface area contributed by atoms with Gasteiger partial charge in [0.05, 0.1) is 11.1 Å². The van der Waals surface area contributed by atoms with Crippen molar-refractivity contribution in [3.8, 4) is 23.3 Å². The second-order valence-corrected chi connectivity index (χ2v) is 12.3. The first kappa shape index (κ1) is 25.2. The molecule has 3 aromatic carbocycles. The number of hydrogen-bond acceptors (Lipinski definition) is 3. The Bertz CT molecular complexity index is 1470. The highest BCUT2D eigenvalue weighted by Crippen LogP contribution is 2.70. The van der Waals surface area contributed by atoms with Gasteiger partial charge in [0.1, 0.15) is 11.5 Å². The van der Waals surface area contributed by atoms with E-state index in [2.05, 4.69) is 50.0 Å². The van der Waals surface area contributed by atoms with E-state index in [9.17, 15) is 19.8 Å². The van der Waals surface area contributed by atoms with Gasteiger partial charge >= 0.3 is 11.9 Å². The maximum Gasteiger partial charge on any atom is 0.337 e. The molecule has 0 heterocycles. The van der Waals surface area contributed by atoms with Gasteiger partial charge in [0.25, 0.3) is 0 Å². The summed E-state index contributed by atoms with van der Waals surface area (Å²) >= 11 is 0. The van der Waals surface area contributed by atoms with Crippen LogP contribution >= 0.6 is 0 Å². The molecule has 0 unspecified atom stereocenters. The summed E-state index contributed by atoms with van der Waals surface area (Å²) in [4.78, 5) is 23.0. The minimum absolute atomic E-state index is 0.157. The number of carboxylic acid groups (broad SMARTS) is 2. The number of aromatic carboxylic acids is 2. The molecule has 4 aliphatic carbocycles. The van der Waals surface area contributed by atoms with Crippen molar-refractivity contribution in [3.05, 3.63) is 94.5 Å². The molecule has 4 fully saturated rings. The van der Waals surface area contributed by atoms with Crippen molar-refractivity contribution in [1.82, 2.24) is 0 Å². The Morgan fingerprint density at radius 2 is 1.33 bits per heavy atom. The minimum Gasteiger partial charge on any atom is -0.478 e. The van der Waals surface area contributed by atoms with Crippen LogP contribution in [0.3, 0.4) is 0 Å². The number of hydrogen-bond donors (Lipinski definition) is 2. The van der Waals surface area contributed by atoms with Crippen LogP contribution in [-0.4, -0.2) is 22.2 Å². The second-order valence-electron chi connectivity index (χ2n) is 12.3. The Hall–Kier alpha value is -4.04. The van der Waals surface area contributed by atoms with E-state index in [-0.39, 0.29) is 16.7 Å². The van der Waals surface area contributed by atoms with Gasteiger partial charge in [-0.25, -0.2) is 9.59 Å². The third-order valence-corrected chi connectivity index (χ3v) is 9.23. The first-order valence-corrected chi connectivity index (χ1v) is 13.6. The van der Waals surface area contributed by atoms with Crippen molar-refractivity contribution < 1.29 is 24.5 Å². The highest BCUT2D eigenvalue weighted by atomic mass is 16.5. The second kappa shape index (κ2) is 9.31. The van der Waals surface area contributed by atoms with Gasteiger partial charge in [-0.05, 0) is 115 Å². The van der Waals surface area contributed by atoms with Gasteiger partial charge < -0.3 is 14.9 Å². The summed E-state index contributed by atoms with van der Waals surface area (Å²) in [5.41, 5.74) is 2.47. The fraction of sp³-hybridized carbons (Fsp3) is 0.353. The largest absolute Gasteiger partial charge is 0.478 e. The SMILES string of the molecule is CC12CC3CC(C1)CC(C)(C3)C2c1ccc(Oc2ccc(C#Cc3cccc(C(=O)O)c3C(=O)O)cc2)cc1. The molecule has 0 amide bonds. The Morgan fingerprint density at radius 3 is 1.87 bits per heavy atom. The Kier molecular flexibility index (Phi) is 6.03. The first-order chi connectivity index (χ1) is 18.6. The van der Waals surface area contributed by atoms with Gasteiger partial charge in [0.15, 0.2) is 0 Å². The molecule has 0 saturated heterocycles. The van der Waals surface area contributed by atoms with E-state index >= 15 is 0 Å². The van der Waals surface area contributed by atoms with Gasteiger partial charge in [0, 0.05) is 11.1 Å². The van der Waals surface area contributed by atoms with Crippen molar-refractivity contribution >= 4 is 11.9 Å². The smallest absolute Gasteiger partial charge is 0.337 e. The van der Waals surface area contributed by atoms with Crippen LogP contribution in [0.25, 0.3) is 0 Å². The predicted octanol–water partition coefficient (Wildman–Crippen LogP) is 7.60. The van der Waals surface area contributed by atoms with Gasteiger partial charge in [-0.15, -0.1) is 0 Å². The van der Waals surface area contributed by atoms with Crippen molar-refractivity contribution in [2.24, 2.45) is 22.7 Å². The van der Waals surface area contributed by atoms with Crippen LogP contribution < -0.4 is 4.74 Å². The molecule has 5 heteroatoms. The zero-order chi connectivity index (χ0) is 27.4. The van der Waals surface area contributed by atoms with E-state index in [0.29, 0.717) is 28.1 Å². The van der Waals surface area contributed by atoms with E-state index in [4.69, 9.17) is 4.74 Å². The quantitative estimate of drug-likeness (QED) is 0.339. The predicted molar refractivity (Wildman–Crippen MR) is 148 cm³/mol. The minimum atomic E-state index is -1.32. The number of benzene rings is 3. The van der Waals surface area contributed by atoms with E-state index < -0.39 is 11.9 Å². The maximum absolute atomic E-state index is 11.6. The summed E-state index contributed by atoms with van der Waals surface area (Å²) in [5.74, 6) is 7.00. The van der Waals surface area contributed by atoms with Crippen LogP contribution in [-0.2, 0) is 0 Å². The maximum atomic E-state index is 11.6. The fourth-order valence-electron chi connectivity index (χ4n) is 8.55.